The lowest BCUT2D eigenvalue weighted by atomic mass is 10.0. The molecule has 2 aliphatic rings. The molecule has 3 amide bonds. The number of aliphatic hydroxyl groups is 1. The summed E-state index contributed by atoms with van der Waals surface area (Å²) in [6.07, 6.45) is 0.949. The lowest BCUT2D eigenvalue weighted by Gasteiger charge is -2.38. The summed E-state index contributed by atoms with van der Waals surface area (Å²) in [4.78, 5) is 47.8. The van der Waals surface area contributed by atoms with E-state index in [1.165, 1.54) is 9.80 Å². The zero-order valence-electron chi connectivity index (χ0n) is 21.9. The van der Waals surface area contributed by atoms with Gasteiger partial charge in [0.15, 0.2) is 0 Å². The van der Waals surface area contributed by atoms with Gasteiger partial charge in [0.1, 0.15) is 17.7 Å². The second-order valence-corrected chi connectivity index (χ2v) is 11.6. The highest BCUT2D eigenvalue weighted by atomic mass is 32.1. The summed E-state index contributed by atoms with van der Waals surface area (Å²) in [5.41, 5.74) is 4.14. The number of nitrogens with one attached hydrogen (secondary N) is 1. The molecule has 0 aliphatic carbocycles. The highest BCUT2D eigenvalue weighted by Crippen LogP contribution is 2.28. The van der Waals surface area contributed by atoms with Gasteiger partial charge >= 0.3 is 6.09 Å². The van der Waals surface area contributed by atoms with E-state index in [9.17, 15) is 19.5 Å². The second kappa shape index (κ2) is 11.2. The van der Waals surface area contributed by atoms with Crippen LogP contribution in [0.25, 0.3) is 10.4 Å². The number of rotatable bonds is 5. The fourth-order valence-electron chi connectivity index (χ4n) is 4.88. The molecule has 3 atom stereocenters. The maximum Gasteiger partial charge on any atom is 0.410 e. The number of carbonyl (C=O) groups excluding carboxylic acids is 3. The van der Waals surface area contributed by atoms with Gasteiger partial charge in [0.2, 0.25) is 11.8 Å². The summed E-state index contributed by atoms with van der Waals surface area (Å²) in [5.74, 6) is -0.626. The van der Waals surface area contributed by atoms with Crippen LogP contribution in [-0.4, -0.2) is 74.7 Å². The molecule has 0 radical (unpaired) electrons. The van der Waals surface area contributed by atoms with E-state index in [1.54, 1.807) is 32.1 Å². The Morgan fingerprint density at radius 2 is 1.86 bits per heavy atom. The number of piperidine rings is 1. The maximum atomic E-state index is 13.6. The van der Waals surface area contributed by atoms with E-state index in [0.717, 1.165) is 34.5 Å². The molecule has 0 bridgehead atoms. The average Bonchev–Trinajstić information content (AvgIpc) is 3.46. The standard InChI is InChI=1S/C27H36N4O5S/c1-17-23(37-16-29-17)19-10-8-18(9-11-19)14-28-24(33)22-13-20(32)15-31(22)25(34)21-7-5-6-12-30(21)26(35)36-27(2,3)4/h8-11,16,20-22,32H,5-7,12-15H2,1-4H3,(H,28,33)/t20-,21+,22+/m1/s1. The molecule has 1 aromatic carbocycles. The number of likely N-dealkylation sites (tertiary alicyclic amines) is 2. The van der Waals surface area contributed by atoms with Crippen molar-refractivity contribution in [2.75, 3.05) is 13.1 Å². The van der Waals surface area contributed by atoms with Crippen molar-refractivity contribution in [2.45, 2.75) is 83.7 Å². The number of carbonyl (C=O) groups is 3. The van der Waals surface area contributed by atoms with Crippen molar-refractivity contribution in [2.24, 2.45) is 0 Å². The van der Waals surface area contributed by atoms with Crippen LogP contribution in [0.15, 0.2) is 29.8 Å². The molecular formula is C27H36N4O5S. The van der Waals surface area contributed by atoms with Gasteiger partial charge in [0.05, 0.1) is 22.2 Å². The topological polar surface area (TPSA) is 112 Å². The number of nitrogens with zero attached hydrogens (tertiary/aromatic N) is 3. The van der Waals surface area contributed by atoms with Crippen molar-refractivity contribution in [3.8, 4) is 10.4 Å². The van der Waals surface area contributed by atoms with Crippen molar-refractivity contribution < 1.29 is 24.2 Å². The van der Waals surface area contributed by atoms with E-state index in [0.29, 0.717) is 19.5 Å². The normalized spacial score (nSPS) is 22.1. The fraction of sp³-hybridized carbons (Fsp3) is 0.556. The highest BCUT2D eigenvalue weighted by Gasteiger charge is 2.44. The molecule has 2 aromatic rings. The number of benzene rings is 1. The Balaban J connectivity index is 1.40. The van der Waals surface area contributed by atoms with Gasteiger partial charge in [-0.25, -0.2) is 9.78 Å². The molecule has 200 valence electrons. The summed E-state index contributed by atoms with van der Waals surface area (Å²) in [6.45, 7) is 8.14. The Morgan fingerprint density at radius 3 is 2.51 bits per heavy atom. The Bertz CT molecular complexity index is 1130. The third kappa shape index (κ3) is 6.48. The monoisotopic (exact) mass is 528 g/mol. The van der Waals surface area contributed by atoms with E-state index in [2.05, 4.69) is 10.3 Å². The molecule has 37 heavy (non-hydrogen) atoms. The first-order valence-corrected chi connectivity index (χ1v) is 13.7. The van der Waals surface area contributed by atoms with Crippen molar-refractivity contribution in [1.82, 2.24) is 20.1 Å². The number of thiazole rings is 1. The van der Waals surface area contributed by atoms with E-state index < -0.39 is 29.9 Å². The predicted molar refractivity (Wildman–Crippen MR) is 141 cm³/mol. The lowest BCUT2D eigenvalue weighted by molar-refractivity contribution is -0.143. The maximum absolute atomic E-state index is 13.6. The lowest BCUT2D eigenvalue weighted by Crippen LogP contribution is -2.56. The number of amides is 3. The molecule has 2 aliphatic heterocycles. The van der Waals surface area contributed by atoms with Crippen LogP contribution >= 0.6 is 11.3 Å². The molecule has 9 nitrogen and oxygen atoms in total. The first-order valence-electron chi connectivity index (χ1n) is 12.8. The summed E-state index contributed by atoms with van der Waals surface area (Å²) in [7, 11) is 0. The molecule has 10 heteroatoms. The first-order chi connectivity index (χ1) is 17.5. The summed E-state index contributed by atoms with van der Waals surface area (Å²) in [6, 6.07) is 6.44. The zero-order chi connectivity index (χ0) is 26.7. The third-order valence-corrected chi connectivity index (χ3v) is 7.69. The van der Waals surface area contributed by atoms with Crippen LogP contribution in [0.2, 0.25) is 0 Å². The molecule has 0 spiro atoms. The molecule has 0 unspecified atom stereocenters. The van der Waals surface area contributed by atoms with E-state index >= 15 is 0 Å². The number of aliphatic hydroxyl groups excluding tert-OH is 1. The summed E-state index contributed by atoms with van der Waals surface area (Å²) in [5, 5.41) is 13.3. The minimum atomic E-state index is -0.791. The van der Waals surface area contributed by atoms with Crippen LogP contribution in [0.4, 0.5) is 4.79 Å². The van der Waals surface area contributed by atoms with Gasteiger partial charge < -0.3 is 20.1 Å². The van der Waals surface area contributed by atoms with Gasteiger partial charge in [-0.2, -0.15) is 0 Å². The molecular weight excluding hydrogens is 492 g/mol. The van der Waals surface area contributed by atoms with Crippen LogP contribution in [0.5, 0.6) is 0 Å². The van der Waals surface area contributed by atoms with Crippen LogP contribution in [0.3, 0.4) is 0 Å². The Labute approximate surface area is 221 Å². The van der Waals surface area contributed by atoms with Crippen LogP contribution in [-0.2, 0) is 20.9 Å². The quantitative estimate of drug-likeness (QED) is 0.615. The van der Waals surface area contributed by atoms with Gasteiger partial charge in [-0.15, -0.1) is 11.3 Å². The minimum Gasteiger partial charge on any atom is -0.444 e. The number of hydrogen-bond acceptors (Lipinski definition) is 7. The Hall–Kier alpha value is -2.98. The van der Waals surface area contributed by atoms with E-state index in [-0.39, 0.29) is 24.8 Å². The van der Waals surface area contributed by atoms with Crippen molar-refractivity contribution in [1.29, 1.82) is 0 Å². The molecule has 3 heterocycles. The fourth-order valence-corrected chi connectivity index (χ4v) is 5.70. The van der Waals surface area contributed by atoms with Gasteiger partial charge in [-0.3, -0.25) is 14.5 Å². The predicted octanol–water partition coefficient (Wildman–Crippen LogP) is 3.49. The zero-order valence-corrected chi connectivity index (χ0v) is 22.7. The third-order valence-electron chi connectivity index (χ3n) is 6.71. The van der Waals surface area contributed by atoms with Crippen molar-refractivity contribution in [3.63, 3.8) is 0 Å². The number of aromatic nitrogens is 1. The van der Waals surface area contributed by atoms with Crippen LogP contribution in [0, 0.1) is 6.92 Å². The number of β-amino-alcohol motifs (C(OH)–C–C–N with tert-alkyl or cyclic N) is 1. The smallest absolute Gasteiger partial charge is 0.410 e. The van der Waals surface area contributed by atoms with Crippen LogP contribution in [0.1, 0.15) is 57.7 Å². The second-order valence-electron chi connectivity index (χ2n) is 10.8. The number of ether oxygens (including phenoxy) is 1. The number of hydrogen-bond donors (Lipinski definition) is 2. The summed E-state index contributed by atoms with van der Waals surface area (Å²) < 4.78 is 5.53. The number of aryl methyl sites for hydroxylation is 1. The Kier molecular flexibility index (Phi) is 8.18. The molecule has 0 saturated carbocycles. The van der Waals surface area contributed by atoms with Gasteiger partial charge in [0.25, 0.3) is 0 Å². The molecule has 4 rings (SSSR count). The SMILES string of the molecule is Cc1ncsc1-c1ccc(CNC(=O)[C@@H]2C[C@@H](O)CN2C(=O)[C@@H]2CCCCN2C(=O)OC(C)(C)C)cc1. The molecule has 2 fully saturated rings. The molecule has 1 aromatic heterocycles. The van der Waals surface area contributed by atoms with Gasteiger partial charge in [-0.05, 0) is 58.1 Å². The first kappa shape index (κ1) is 27.1. The Morgan fingerprint density at radius 1 is 1.14 bits per heavy atom. The van der Waals surface area contributed by atoms with Gasteiger partial charge in [0, 0.05) is 26.1 Å². The highest BCUT2D eigenvalue weighted by molar-refractivity contribution is 7.13. The van der Waals surface area contributed by atoms with Crippen LogP contribution < -0.4 is 5.32 Å². The van der Waals surface area contributed by atoms with Gasteiger partial charge in [-0.1, -0.05) is 24.3 Å². The van der Waals surface area contributed by atoms with E-state index in [4.69, 9.17) is 4.74 Å². The molecule has 2 saturated heterocycles. The largest absolute Gasteiger partial charge is 0.444 e. The summed E-state index contributed by atoms with van der Waals surface area (Å²) >= 11 is 1.59. The molecule has 2 N–H and O–H groups in total. The average molecular weight is 529 g/mol. The van der Waals surface area contributed by atoms with Crippen molar-refractivity contribution in [3.05, 3.63) is 41.0 Å². The minimum absolute atomic E-state index is 0.0679. The van der Waals surface area contributed by atoms with E-state index in [1.807, 2.05) is 36.7 Å². The van der Waals surface area contributed by atoms with Crippen molar-refractivity contribution >= 4 is 29.2 Å².